The number of hydrogen-bond donors (Lipinski definition) is 2. The van der Waals surface area contributed by atoms with Gasteiger partial charge in [-0.1, -0.05) is 24.3 Å². The van der Waals surface area contributed by atoms with Crippen molar-refractivity contribution in [2.75, 3.05) is 33.3 Å². The number of nitrogens with zero attached hydrogens (tertiary/aromatic N) is 3. The zero-order chi connectivity index (χ0) is 23.7. The van der Waals surface area contributed by atoms with Crippen molar-refractivity contribution < 1.29 is 29.5 Å². The second-order valence-corrected chi connectivity index (χ2v) is 7.87. The van der Waals surface area contributed by atoms with E-state index in [0.717, 1.165) is 48.5 Å². The molecule has 0 amide bonds. The van der Waals surface area contributed by atoms with Gasteiger partial charge in [0.25, 0.3) is 5.69 Å². The highest BCUT2D eigenvalue weighted by atomic mass is 79.9. The van der Waals surface area contributed by atoms with Crippen LogP contribution in [0.25, 0.3) is 0 Å². The van der Waals surface area contributed by atoms with Gasteiger partial charge >= 0.3 is 11.9 Å². The predicted octanol–water partition coefficient (Wildman–Crippen LogP) is 2.84. The lowest BCUT2D eigenvalue weighted by molar-refractivity contribution is -0.385. The highest BCUT2D eigenvalue weighted by Crippen LogP contribution is 2.26. The fourth-order valence-corrected chi connectivity index (χ4v) is 3.82. The van der Waals surface area contributed by atoms with Crippen LogP contribution >= 0.6 is 15.9 Å². The van der Waals surface area contributed by atoms with E-state index in [1.807, 2.05) is 18.2 Å². The average molecular weight is 510 g/mol. The first-order valence-electron chi connectivity index (χ1n) is 9.67. The van der Waals surface area contributed by atoms with Crippen LogP contribution in [0.4, 0.5) is 5.69 Å². The average Bonchev–Trinajstić information content (AvgIpc) is 2.76. The van der Waals surface area contributed by atoms with Gasteiger partial charge in [-0.2, -0.15) is 0 Å². The summed E-state index contributed by atoms with van der Waals surface area (Å²) >= 11 is 3.53. The van der Waals surface area contributed by atoms with E-state index >= 15 is 0 Å². The van der Waals surface area contributed by atoms with Gasteiger partial charge in [0.05, 0.1) is 16.5 Å². The third-order valence-corrected chi connectivity index (χ3v) is 5.47. The van der Waals surface area contributed by atoms with Crippen LogP contribution in [0.2, 0.25) is 0 Å². The van der Waals surface area contributed by atoms with Gasteiger partial charge in [-0.25, -0.2) is 9.59 Å². The van der Waals surface area contributed by atoms with Gasteiger partial charge in [0.1, 0.15) is 5.75 Å². The first kappa shape index (κ1) is 25.2. The van der Waals surface area contributed by atoms with E-state index in [4.69, 9.17) is 24.5 Å². The third kappa shape index (κ3) is 7.59. The number of para-hydroxylation sites is 1. The third-order valence-electron chi connectivity index (χ3n) is 4.85. The highest BCUT2D eigenvalue weighted by molar-refractivity contribution is 9.10. The summed E-state index contributed by atoms with van der Waals surface area (Å²) in [5.41, 5.74) is 2.23. The minimum Gasteiger partial charge on any atom is -0.496 e. The number of piperazine rings is 1. The number of carboxylic acid groups (broad SMARTS) is 2. The molecule has 3 rings (SSSR count). The Bertz CT molecular complexity index is 950. The molecule has 1 heterocycles. The summed E-state index contributed by atoms with van der Waals surface area (Å²) in [6, 6.07) is 13.2. The van der Waals surface area contributed by atoms with Crippen molar-refractivity contribution in [1.82, 2.24) is 9.80 Å². The van der Waals surface area contributed by atoms with Crippen LogP contribution < -0.4 is 4.74 Å². The van der Waals surface area contributed by atoms with Crippen LogP contribution in [0.15, 0.2) is 46.9 Å². The van der Waals surface area contributed by atoms with Gasteiger partial charge in [-0.05, 0) is 33.6 Å². The Hall–Kier alpha value is -3.02. The summed E-state index contributed by atoms with van der Waals surface area (Å²) in [5, 5.41) is 25.9. The maximum Gasteiger partial charge on any atom is 0.414 e. The van der Waals surface area contributed by atoms with E-state index in [-0.39, 0.29) is 10.6 Å². The van der Waals surface area contributed by atoms with Crippen molar-refractivity contribution in [3.63, 3.8) is 0 Å². The van der Waals surface area contributed by atoms with Gasteiger partial charge in [-0.15, -0.1) is 0 Å². The van der Waals surface area contributed by atoms with Gasteiger partial charge in [0.15, 0.2) is 0 Å². The minimum absolute atomic E-state index is 0.206. The molecule has 2 aromatic carbocycles. The largest absolute Gasteiger partial charge is 0.496 e. The lowest BCUT2D eigenvalue weighted by Crippen LogP contribution is -2.45. The van der Waals surface area contributed by atoms with Gasteiger partial charge in [0.2, 0.25) is 0 Å². The Labute approximate surface area is 193 Å². The molecule has 2 N–H and O–H groups in total. The molecular weight excluding hydrogens is 486 g/mol. The molecule has 0 saturated carbocycles. The summed E-state index contributed by atoms with van der Waals surface area (Å²) in [7, 11) is 1.66. The van der Waals surface area contributed by atoms with E-state index < -0.39 is 11.9 Å². The van der Waals surface area contributed by atoms with Crippen LogP contribution in [-0.4, -0.2) is 70.2 Å². The Balaban J connectivity index is 0.000000534. The van der Waals surface area contributed by atoms with Gasteiger partial charge in [-0.3, -0.25) is 19.9 Å². The van der Waals surface area contributed by atoms with E-state index in [2.05, 4.69) is 37.9 Å². The van der Waals surface area contributed by atoms with E-state index in [0.29, 0.717) is 6.54 Å². The Morgan fingerprint density at radius 2 is 1.59 bits per heavy atom. The maximum absolute atomic E-state index is 11.2. The van der Waals surface area contributed by atoms with Crippen molar-refractivity contribution in [2.45, 2.75) is 13.1 Å². The number of methoxy groups -OCH3 is 1. The standard InChI is InChI=1S/C19H22BrN3O3.C2H2O4/c1-26-19-7-6-15(12-17(19)20)13-21-8-10-22(11-9-21)14-16-4-2-3-5-18(16)23(24)25;3-1(4)2(5)6/h2-7,12H,8-11,13-14H2,1H3;(H,3,4)(H,5,6). The normalized spacial score (nSPS) is 14.2. The van der Waals surface area contributed by atoms with Crippen LogP contribution in [0.5, 0.6) is 5.75 Å². The highest BCUT2D eigenvalue weighted by Gasteiger charge is 2.20. The number of nitro groups is 1. The molecule has 0 spiro atoms. The predicted molar refractivity (Wildman–Crippen MR) is 120 cm³/mol. The Morgan fingerprint density at radius 3 is 2.09 bits per heavy atom. The fourth-order valence-electron chi connectivity index (χ4n) is 3.24. The maximum atomic E-state index is 11.2. The van der Waals surface area contributed by atoms with Crippen molar-refractivity contribution in [3.8, 4) is 5.75 Å². The molecule has 0 radical (unpaired) electrons. The molecule has 1 aliphatic heterocycles. The van der Waals surface area contributed by atoms with E-state index in [1.54, 1.807) is 19.2 Å². The molecule has 0 unspecified atom stereocenters. The number of nitro benzene ring substituents is 1. The second kappa shape index (κ2) is 12.1. The number of aliphatic carboxylic acids is 2. The summed E-state index contributed by atoms with van der Waals surface area (Å²) < 4.78 is 6.24. The number of rotatable bonds is 6. The zero-order valence-electron chi connectivity index (χ0n) is 17.4. The molecule has 11 heteroatoms. The zero-order valence-corrected chi connectivity index (χ0v) is 19.0. The Morgan fingerprint density at radius 1 is 1.03 bits per heavy atom. The first-order valence-corrected chi connectivity index (χ1v) is 10.5. The van der Waals surface area contributed by atoms with Crippen molar-refractivity contribution in [3.05, 3.63) is 68.2 Å². The topological polar surface area (TPSA) is 133 Å². The summed E-state index contributed by atoms with van der Waals surface area (Å²) in [4.78, 5) is 33.7. The lowest BCUT2D eigenvalue weighted by atomic mass is 10.1. The summed E-state index contributed by atoms with van der Waals surface area (Å²) in [6.07, 6.45) is 0. The van der Waals surface area contributed by atoms with Crippen molar-refractivity contribution in [1.29, 1.82) is 0 Å². The molecule has 0 aromatic heterocycles. The smallest absolute Gasteiger partial charge is 0.414 e. The molecule has 1 aliphatic rings. The van der Waals surface area contributed by atoms with E-state index in [9.17, 15) is 10.1 Å². The number of carbonyl (C=O) groups is 2. The van der Waals surface area contributed by atoms with Crippen LogP contribution in [0.3, 0.4) is 0 Å². The summed E-state index contributed by atoms with van der Waals surface area (Å²) in [5.74, 6) is -2.81. The monoisotopic (exact) mass is 509 g/mol. The van der Waals surface area contributed by atoms with Crippen molar-refractivity contribution in [2.24, 2.45) is 0 Å². The van der Waals surface area contributed by atoms with Crippen LogP contribution in [-0.2, 0) is 22.7 Å². The lowest BCUT2D eigenvalue weighted by Gasteiger charge is -2.34. The minimum atomic E-state index is -1.82. The van der Waals surface area contributed by atoms with Gasteiger partial charge < -0.3 is 14.9 Å². The number of carboxylic acids is 2. The molecular formula is C21H24BrN3O7. The quantitative estimate of drug-likeness (QED) is 0.342. The molecule has 10 nitrogen and oxygen atoms in total. The molecule has 172 valence electrons. The SMILES string of the molecule is COc1ccc(CN2CCN(Cc3ccccc3[N+](=O)[O-])CC2)cc1Br.O=C(O)C(=O)O. The molecule has 32 heavy (non-hydrogen) atoms. The number of halogens is 1. The van der Waals surface area contributed by atoms with Gasteiger partial charge in [0, 0.05) is 50.9 Å². The second-order valence-electron chi connectivity index (χ2n) is 7.02. The first-order chi connectivity index (χ1) is 15.2. The fraction of sp³-hybridized carbons (Fsp3) is 0.333. The molecule has 2 aromatic rings. The summed E-state index contributed by atoms with van der Waals surface area (Å²) in [6.45, 7) is 5.22. The molecule has 1 fully saturated rings. The molecule has 0 atom stereocenters. The number of hydrogen-bond acceptors (Lipinski definition) is 7. The van der Waals surface area contributed by atoms with Crippen LogP contribution in [0, 0.1) is 10.1 Å². The molecule has 1 saturated heterocycles. The van der Waals surface area contributed by atoms with Crippen LogP contribution in [0.1, 0.15) is 11.1 Å². The van der Waals surface area contributed by atoms with Crippen molar-refractivity contribution >= 4 is 33.6 Å². The molecule has 0 bridgehead atoms. The number of benzene rings is 2. The molecule has 0 aliphatic carbocycles. The van der Waals surface area contributed by atoms with E-state index in [1.165, 1.54) is 5.56 Å². The number of ether oxygens (including phenoxy) is 1. The Kier molecular flexibility index (Phi) is 9.57.